The molecule has 28 heavy (non-hydrogen) atoms. The van der Waals surface area contributed by atoms with Crippen LogP contribution in [0.15, 0.2) is 41.6 Å². The monoisotopic (exact) mass is 399 g/mol. The number of H-pyrrole nitrogens is 2. The molecule has 0 radical (unpaired) electrons. The van der Waals surface area contributed by atoms with Gasteiger partial charge in [-0.25, -0.2) is 14.4 Å². The summed E-state index contributed by atoms with van der Waals surface area (Å²) in [5, 5.41) is 10.9. The molecule has 8 nitrogen and oxygen atoms in total. The van der Waals surface area contributed by atoms with E-state index in [0.29, 0.717) is 33.4 Å². The number of fused-ring (bicyclic) bond motifs is 1. The van der Waals surface area contributed by atoms with Gasteiger partial charge < -0.3 is 15.2 Å². The van der Waals surface area contributed by atoms with E-state index in [1.165, 1.54) is 24.5 Å². The first-order chi connectivity index (χ1) is 13.4. The number of aromatic amines is 2. The summed E-state index contributed by atoms with van der Waals surface area (Å²) in [5.74, 6) is 0.454. The molecule has 4 rings (SSSR count). The van der Waals surface area contributed by atoms with Crippen molar-refractivity contribution < 1.29 is 4.39 Å². The number of anilines is 3. The van der Waals surface area contributed by atoms with E-state index in [4.69, 9.17) is 11.6 Å². The van der Waals surface area contributed by atoms with Crippen molar-refractivity contribution in [2.45, 2.75) is 0 Å². The van der Waals surface area contributed by atoms with E-state index in [2.05, 4.69) is 30.5 Å². The van der Waals surface area contributed by atoms with Crippen molar-refractivity contribution in [1.29, 1.82) is 0 Å². The first-order valence-corrected chi connectivity index (χ1v) is 8.63. The molecule has 3 heterocycles. The number of aromatic nitrogens is 5. The normalized spacial score (nSPS) is 11.0. The fraction of sp³-hybridized carbons (Fsp3) is 0.111. The van der Waals surface area contributed by atoms with E-state index in [0.717, 1.165) is 0 Å². The second-order valence-electron chi connectivity index (χ2n) is 6.27. The van der Waals surface area contributed by atoms with Crippen LogP contribution in [-0.4, -0.2) is 39.2 Å². The number of nitrogens with zero attached hydrogens (tertiary/aromatic N) is 4. The Labute approximate surface area is 163 Å². The van der Waals surface area contributed by atoms with Crippen LogP contribution < -0.4 is 15.8 Å². The molecule has 0 aliphatic carbocycles. The predicted octanol–water partition coefficient (Wildman–Crippen LogP) is 3.31. The number of halogens is 2. The van der Waals surface area contributed by atoms with E-state index in [1.54, 1.807) is 31.3 Å². The van der Waals surface area contributed by atoms with Gasteiger partial charge in [0.15, 0.2) is 5.65 Å². The molecule has 0 amide bonds. The molecule has 0 atom stereocenters. The fourth-order valence-electron chi connectivity index (χ4n) is 2.86. The summed E-state index contributed by atoms with van der Waals surface area (Å²) in [7, 11) is 3.56. The van der Waals surface area contributed by atoms with Crippen LogP contribution in [0.25, 0.3) is 22.2 Å². The van der Waals surface area contributed by atoms with Crippen LogP contribution in [0.3, 0.4) is 0 Å². The molecule has 1 aromatic carbocycles. The summed E-state index contributed by atoms with van der Waals surface area (Å²) in [6.07, 6.45) is 2.98. The van der Waals surface area contributed by atoms with Gasteiger partial charge in [-0.2, -0.15) is 5.10 Å². The van der Waals surface area contributed by atoms with Gasteiger partial charge in [0, 0.05) is 24.7 Å². The molecule has 0 bridgehead atoms. The number of nitrogens with one attached hydrogen (secondary N) is 3. The molecule has 0 saturated carbocycles. The molecule has 0 unspecified atom stereocenters. The fourth-order valence-corrected chi connectivity index (χ4v) is 3.04. The Bertz CT molecular complexity index is 1230. The van der Waals surface area contributed by atoms with Crippen molar-refractivity contribution in [3.8, 4) is 11.1 Å². The summed E-state index contributed by atoms with van der Waals surface area (Å²) < 4.78 is 14.3. The van der Waals surface area contributed by atoms with Crippen molar-refractivity contribution in [2.75, 3.05) is 24.3 Å². The number of hydrogen-bond acceptors (Lipinski definition) is 6. The predicted molar refractivity (Wildman–Crippen MR) is 107 cm³/mol. The standard InChI is InChI=1S/C18H15ClFN7O/c1-27(2)17-14(24-15-12-7-23-26-16(12)22-8-21-15)6-11(18(28)25-17)10-5-9(19)3-4-13(10)20/h3-8H,1-2H3,(H,25,28)(H2,21,22,23,24,26). The summed E-state index contributed by atoms with van der Waals surface area (Å²) in [4.78, 5) is 25.5. The highest BCUT2D eigenvalue weighted by molar-refractivity contribution is 6.30. The Hall–Kier alpha value is -3.46. The third kappa shape index (κ3) is 3.16. The van der Waals surface area contributed by atoms with E-state index < -0.39 is 11.4 Å². The lowest BCUT2D eigenvalue weighted by molar-refractivity contribution is 0.631. The highest BCUT2D eigenvalue weighted by Crippen LogP contribution is 2.31. The van der Waals surface area contributed by atoms with Gasteiger partial charge in [0.2, 0.25) is 0 Å². The van der Waals surface area contributed by atoms with Crippen LogP contribution in [0.4, 0.5) is 21.7 Å². The van der Waals surface area contributed by atoms with E-state index in [9.17, 15) is 9.18 Å². The van der Waals surface area contributed by atoms with Gasteiger partial charge in [0.05, 0.1) is 22.8 Å². The van der Waals surface area contributed by atoms with Crippen molar-refractivity contribution in [3.63, 3.8) is 0 Å². The Morgan fingerprint density at radius 1 is 1.18 bits per heavy atom. The highest BCUT2D eigenvalue weighted by Gasteiger charge is 2.17. The molecule has 3 aromatic heterocycles. The number of hydrogen-bond donors (Lipinski definition) is 3. The summed E-state index contributed by atoms with van der Waals surface area (Å²) in [6, 6.07) is 5.64. The number of pyridine rings is 1. The lowest BCUT2D eigenvalue weighted by Gasteiger charge is -2.19. The van der Waals surface area contributed by atoms with E-state index >= 15 is 0 Å². The molecular weight excluding hydrogens is 385 g/mol. The molecule has 0 spiro atoms. The first-order valence-electron chi connectivity index (χ1n) is 8.25. The van der Waals surface area contributed by atoms with Crippen molar-refractivity contribution >= 4 is 40.0 Å². The van der Waals surface area contributed by atoms with E-state index in [1.807, 2.05) is 0 Å². The Balaban J connectivity index is 1.89. The number of benzene rings is 1. The summed E-state index contributed by atoms with van der Waals surface area (Å²) in [5.41, 5.74) is 0.907. The maximum absolute atomic E-state index is 14.3. The maximum atomic E-state index is 14.3. The smallest absolute Gasteiger partial charge is 0.257 e. The SMILES string of the molecule is CN(C)c1[nH]c(=O)c(-c2cc(Cl)ccc2F)cc1Nc1ncnc2[nH]ncc12. The van der Waals surface area contributed by atoms with Gasteiger partial charge in [0.1, 0.15) is 23.8 Å². The Morgan fingerprint density at radius 3 is 2.79 bits per heavy atom. The minimum atomic E-state index is -0.544. The molecule has 0 saturated heterocycles. The molecule has 3 N–H and O–H groups in total. The van der Waals surface area contributed by atoms with Crippen LogP contribution >= 0.6 is 11.6 Å². The first kappa shape index (κ1) is 17.9. The van der Waals surface area contributed by atoms with Crippen molar-refractivity contribution in [2.24, 2.45) is 0 Å². The molecule has 0 aliphatic heterocycles. The van der Waals surface area contributed by atoms with Gasteiger partial charge in [-0.3, -0.25) is 9.89 Å². The van der Waals surface area contributed by atoms with Crippen LogP contribution in [-0.2, 0) is 0 Å². The maximum Gasteiger partial charge on any atom is 0.257 e. The molecule has 4 aromatic rings. The largest absolute Gasteiger partial charge is 0.362 e. The molecule has 0 fully saturated rings. The van der Waals surface area contributed by atoms with Gasteiger partial charge in [-0.05, 0) is 24.3 Å². The zero-order chi connectivity index (χ0) is 19.8. The van der Waals surface area contributed by atoms with Gasteiger partial charge in [-0.1, -0.05) is 11.6 Å². The quantitative estimate of drug-likeness (QED) is 0.486. The zero-order valence-corrected chi connectivity index (χ0v) is 15.7. The molecule has 0 aliphatic rings. The van der Waals surface area contributed by atoms with Crippen molar-refractivity contribution in [3.05, 3.63) is 58.0 Å². The van der Waals surface area contributed by atoms with E-state index in [-0.39, 0.29) is 11.1 Å². The van der Waals surface area contributed by atoms with Crippen LogP contribution in [0.2, 0.25) is 5.02 Å². The lowest BCUT2D eigenvalue weighted by atomic mass is 10.1. The topological polar surface area (TPSA) is 103 Å². The molecule has 142 valence electrons. The highest BCUT2D eigenvalue weighted by atomic mass is 35.5. The average molecular weight is 400 g/mol. The zero-order valence-electron chi connectivity index (χ0n) is 14.9. The Morgan fingerprint density at radius 2 is 2.00 bits per heavy atom. The third-order valence-corrected chi connectivity index (χ3v) is 4.42. The van der Waals surface area contributed by atoms with Crippen LogP contribution in [0.5, 0.6) is 0 Å². The van der Waals surface area contributed by atoms with Gasteiger partial charge in [0.25, 0.3) is 5.56 Å². The second kappa shape index (κ2) is 6.93. The molecular formula is C18H15ClFN7O. The third-order valence-electron chi connectivity index (χ3n) is 4.19. The van der Waals surface area contributed by atoms with Gasteiger partial charge in [-0.15, -0.1) is 0 Å². The molecule has 10 heteroatoms. The summed E-state index contributed by atoms with van der Waals surface area (Å²) >= 11 is 5.99. The van der Waals surface area contributed by atoms with Crippen LogP contribution in [0.1, 0.15) is 0 Å². The van der Waals surface area contributed by atoms with Crippen molar-refractivity contribution in [1.82, 2.24) is 25.1 Å². The number of rotatable bonds is 4. The average Bonchev–Trinajstić information content (AvgIpc) is 3.14. The van der Waals surface area contributed by atoms with Gasteiger partial charge >= 0.3 is 0 Å². The minimum Gasteiger partial charge on any atom is -0.362 e. The second-order valence-corrected chi connectivity index (χ2v) is 6.71. The van der Waals surface area contributed by atoms with Crippen LogP contribution in [0, 0.1) is 5.82 Å². The lowest BCUT2D eigenvalue weighted by Crippen LogP contribution is -2.20. The minimum absolute atomic E-state index is 0.109. The summed E-state index contributed by atoms with van der Waals surface area (Å²) in [6.45, 7) is 0. The Kier molecular flexibility index (Phi) is 4.44.